The molecule has 0 spiro atoms. The minimum atomic E-state index is 0.291. The molecule has 1 N–H and O–H groups in total. The molecule has 2 aromatic heterocycles. The quantitative estimate of drug-likeness (QED) is 0.624. The fourth-order valence-corrected chi connectivity index (χ4v) is 3.92. The van der Waals surface area contributed by atoms with Crippen molar-refractivity contribution in [2.75, 3.05) is 33.4 Å². The molecule has 0 radical (unpaired) electrons. The van der Waals surface area contributed by atoms with E-state index in [1.54, 1.807) is 0 Å². The summed E-state index contributed by atoms with van der Waals surface area (Å²) < 4.78 is 13.9. The van der Waals surface area contributed by atoms with Crippen LogP contribution in [0.25, 0.3) is 5.65 Å². The number of nitrogens with zero attached hydrogens (tertiary/aromatic N) is 5. The lowest BCUT2D eigenvalue weighted by Crippen LogP contribution is -2.47. The molecule has 0 amide bonds. The Morgan fingerprint density at radius 3 is 2.93 bits per heavy atom. The van der Waals surface area contributed by atoms with Gasteiger partial charge in [-0.05, 0) is 44.2 Å². The van der Waals surface area contributed by atoms with Crippen LogP contribution in [-0.2, 0) is 16.0 Å². The maximum atomic E-state index is 6.12. The van der Waals surface area contributed by atoms with Gasteiger partial charge in [-0.15, -0.1) is 10.2 Å². The predicted molar refractivity (Wildman–Crippen MR) is 107 cm³/mol. The van der Waals surface area contributed by atoms with E-state index in [0.29, 0.717) is 18.8 Å². The summed E-state index contributed by atoms with van der Waals surface area (Å²) in [7, 11) is 1.83. The molecule has 1 atom stereocenters. The zero-order chi connectivity index (χ0) is 19.2. The molecular weight excluding hydrogens is 356 g/mol. The molecule has 2 aliphatic rings. The first-order valence-electron chi connectivity index (χ1n) is 10.3. The summed E-state index contributed by atoms with van der Waals surface area (Å²) in [6.45, 7) is 4.09. The Morgan fingerprint density at radius 1 is 1.25 bits per heavy atom. The van der Waals surface area contributed by atoms with Crippen LogP contribution in [0.5, 0.6) is 0 Å². The molecule has 2 saturated heterocycles. The van der Waals surface area contributed by atoms with Crippen molar-refractivity contribution in [2.24, 2.45) is 4.99 Å². The van der Waals surface area contributed by atoms with Crippen LogP contribution < -0.4 is 5.32 Å². The number of ether oxygens (including phenoxy) is 2. The molecule has 2 aromatic rings. The van der Waals surface area contributed by atoms with Crippen molar-refractivity contribution in [3.05, 3.63) is 30.2 Å². The molecule has 2 aliphatic heterocycles. The highest BCUT2D eigenvalue weighted by atomic mass is 16.5. The van der Waals surface area contributed by atoms with E-state index in [0.717, 1.165) is 63.0 Å². The van der Waals surface area contributed by atoms with Crippen LogP contribution in [-0.4, -0.2) is 71.0 Å². The van der Waals surface area contributed by atoms with Crippen molar-refractivity contribution < 1.29 is 9.47 Å². The molecule has 4 rings (SSSR count). The number of piperidine rings is 1. The van der Waals surface area contributed by atoms with E-state index in [9.17, 15) is 0 Å². The molecule has 8 nitrogen and oxygen atoms in total. The van der Waals surface area contributed by atoms with E-state index in [2.05, 4.69) is 25.4 Å². The maximum Gasteiger partial charge on any atom is 0.194 e. The Hall–Kier alpha value is -2.19. The molecule has 8 heteroatoms. The van der Waals surface area contributed by atoms with Crippen molar-refractivity contribution in [1.29, 1.82) is 0 Å². The topological polar surface area (TPSA) is 76.3 Å². The second-order valence-corrected chi connectivity index (χ2v) is 7.45. The Labute approximate surface area is 165 Å². The van der Waals surface area contributed by atoms with Crippen LogP contribution in [0.3, 0.4) is 0 Å². The van der Waals surface area contributed by atoms with Crippen LogP contribution in [0.4, 0.5) is 0 Å². The van der Waals surface area contributed by atoms with Crippen molar-refractivity contribution in [3.8, 4) is 0 Å². The van der Waals surface area contributed by atoms with Gasteiger partial charge in [-0.2, -0.15) is 0 Å². The Bertz CT molecular complexity index is 778. The van der Waals surface area contributed by atoms with E-state index in [1.165, 1.54) is 12.8 Å². The summed E-state index contributed by atoms with van der Waals surface area (Å²) in [5, 5.41) is 11.9. The largest absolute Gasteiger partial charge is 0.376 e. The van der Waals surface area contributed by atoms with E-state index in [-0.39, 0.29) is 0 Å². The van der Waals surface area contributed by atoms with Gasteiger partial charge < -0.3 is 19.7 Å². The number of pyridine rings is 1. The molecule has 1 unspecified atom stereocenters. The van der Waals surface area contributed by atoms with Gasteiger partial charge in [0.2, 0.25) is 0 Å². The first-order chi connectivity index (χ1) is 13.8. The van der Waals surface area contributed by atoms with Gasteiger partial charge in [-0.3, -0.25) is 9.39 Å². The summed E-state index contributed by atoms with van der Waals surface area (Å²) >= 11 is 0. The lowest BCUT2D eigenvalue weighted by atomic mass is 10.1. The smallest absolute Gasteiger partial charge is 0.194 e. The summed E-state index contributed by atoms with van der Waals surface area (Å²) in [5.41, 5.74) is 0.856. The standard InChI is InChI=1S/C20H30N6O2/c1-21-20(22-14-19-24-23-18-7-2-4-10-26(18)19)25-11-8-16(9-12-25)28-15-17-6-3-5-13-27-17/h2,4,7,10,16-17H,3,5-6,8-9,11-15H2,1H3,(H,21,22). The number of nitrogens with one attached hydrogen (secondary N) is 1. The van der Waals surface area contributed by atoms with Gasteiger partial charge in [0.05, 0.1) is 25.4 Å². The third-order valence-corrected chi connectivity index (χ3v) is 5.53. The van der Waals surface area contributed by atoms with Crippen LogP contribution in [0.1, 0.15) is 37.9 Å². The summed E-state index contributed by atoms with van der Waals surface area (Å²) in [6, 6.07) is 5.90. The second kappa shape index (κ2) is 9.34. The summed E-state index contributed by atoms with van der Waals surface area (Å²) in [5.74, 6) is 1.78. The van der Waals surface area contributed by atoms with Gasteiger partial charge >= 0.3 is 0 Å². The number of aromatic nitrogens is 3. The molecule has 2 fully saturated rings. The second-order valence-electron chi connectivity index (χ2n) is 7.45. The predicted octanol–water partition coefficient (Wildman–Crippen LogP) is 1.85. The van der Waals surface area contributed by atoms with Gasteiger partial charge in [0, 0.05) is 32.9 Å². The molecule has 0 aromatic carbocycles. The van der Waals surface area contributed by atoms with Crippen molar-refractivity contribution in [3.63, 3.8) is 0 Å². The zero-order valence-corrected chi connectivity index (χ0v) is 16.6. The van der Waals surface area contributed by atoms with Crippen LogP contribution in [0.2, 0.25) is 0 Å². The Kier molecular flexibility index (Phi) is 6.38. The number of likely N-dealkylation sites (tertiary alicyclic amines) is 1. The van der Waals surface area contributed by atoms with Gasteiger partial charge in [0.25, 0.3) is 0 Å². The Morgan fingerprint density at radius 2 is 2.14 bits per heavy atom. The first-order valence-corrected chi connectivity index (χ1v) is 10.3. The highest BCUT2D eigenvalue weighted by molar-refractivity contribution is 5.79. The highest BCUT2D eigenvalue weighted by Gasteiger charge is 2.24. The summed E-state index contributed by atoms with van der Waals surface area (Å²) in [4.78, 5) is 6.74. The number of hydrogen-bond donors (Lipinski definition) is 1. The maximum absolute atomic E-state index is 6.12. The number of hydrogen-bond acceptors (Lipinski definition) is 5. The van der Waals surface area contributed by atoms with Crippen LogP contribution >= 0.6 is 0 Å². The minimum Gasteiger partial charge on any atom is -0.376 e. The number of fused-ring (bicyclic) bond motifs is 1. The average Bonchev–Trinajstić information content (AvgIpc) is 3.17. The van der Waals surface area contributed by atoms with Gasteiger partial charge in [-0.1, -0.05) is 6.07 Å². The molecule has 4 heterocycles. The van der Waals surface area contributed by atoms with E-state index in [1.807, 2.05) is 35.8 Å². The van der Waals surface area contributed by atoms with Crippen molar-refractivity contribution in [2.45, 2.75) is 50.9 Å². The third kappa shape index (κ3) is 4.62. The number of guanidine groups is 1. The molecular formula is C20H30N6O2. The SMILES string of the molecule is CN=C(NCc1nnc2ccccn12)N1CCC(OCC2CCCCO2)CC1. The van der Waals surface area contributed by atoms with E-state index in [4.69, 9.17) is 9.47 Å². The van der Waals surface area contributed by atoms with Crippen LogP contribution in [0.15, 0.2) is 29.4 Å². The fourth-order valence-electron chi connectivity index (χ4n) is 3.92. The molecule has 28 heavy (non-hydrogen) atoms. The lowest BCUT2D eigenvalue weighted by molar-refractivity contribution is -0.0721. The molecule has 0 saturated carbocycles. The van der Waals surface area contributed by atoms with Crippen LogP contribution in [0, 0.1) is 0 Å². The van der Waals surface area contributed by atoms with Gasteiger partial charge in [0.15, 0.2) is 17.4 Å². The monoisotopic (exact) mass is 386 g/mol. The fraction of sp³-hybridized carbons (Fsp3) is 0.650. The Balaban J connectivity index is 1.23. The highest BCUT2D eigenvalue weighted by Crippen LogP contribution is 2.18. The molecule has 152 valence electrons. The van der Waals surface area contributed by atoms with Crippen molar-refractivity contribution in [1.82, 2.24) is 24.8 Å². The number of aliphatic imine (C=N–C) groups is 1. The van der Waals surface area contributed by atoms with E-state index < -0.39 is 0 Å². The van der Waals surface area contributed by atoms with Gasteiger partial charge in [-0.25, -0.2) is 0 Å². The summed E-state index contributed by atoms with van der Waals surface area (Å²) in [6.07, 6.45) is 8.20. The lowest BCUT2D eigenvalue weighted by Gasteiger charge is -2.35. The zero-order valence-electron chi connectivity index (χ0n) is 16.6. The van der Waals surface area contributed by atoms with Crippen molar-refractivity contribution >= 4 is 11.6 Å². The average molecular weight is 387 g/mol. The third-order valence-electron chi connectivity index (χ3n) is 5.53. The normalized spacial score (nSPS) is 22.0. The molecule has 0 aliphatic carbocycles. The minimum absolute atomic E-state index is 0.291. The molecule has 0 bridgehead atoms. The number of rotatable bonds is 5. The van der Waals surface area contributed by atoms with E-state index >= 15 is 0 Å². The van der Waals surface area contributed by atoms with Gasteiger partial charge in [0.1, 0.15) is 0 Å². The first kappa shape index (κ1) is 19.1.